The van der Waals surface area contributed by atoms with E-state index in [9.17, 15) is 24.0 Å². The summed E-state index contributed by atoms with van der Waals surface area (Å²) in [7, 11) is 0. The van der Waals surface area contributed by atoms with Crippen LogP contribution in [-0.4, -0.2) is 61.4 Å². The minimum atomic E-state index is -0.734. The van der Waals surface area contributed by atoms with Gasteiger partial charge in [0.05, 0.1) is 17.4 Å². The molecule has 0 aromatic rings. The monoisotopic (exact) mass is 580 g/mol. The van der Waals surface area contributed by atoms with Crippen molar-refractivity contribution in [3.8, 4) is 0 Å². The molecular formula is C31H48O10. The van der Waals surface area contributed by atoms with Crippen molar-refractivity contribution in [1.82, 2.24) is 0 Å². The predicted octanol–water partition coefficient (Wildman–Crippen LogP) is 4.55. The summed E-state index contributed by atoms with van der Waals surface area (Å²) in [5.41, 5.74) is -1.61. The van der Waals surface area contributed by atoms with Crippen LogP contribution < -0.4 is 0 Å². The predicted molar refractivity (Wildman–Crippen MR) is 147 cm³/mol. The van der Waals surface area contributed by atoms with Crippen molar-refractivity contribution in [3.63, 3.8) is 0 Å². The molecule has 0 radical (unpaired) electrons. The molecule has 0 aromatic carbocycles. The van der Waals surface area contributed by atoms with E-state index in [2.05, 4.69) is 6.92 Å². The maximum Gasteiger partial charge on any atom is 0.347 e. The first kappa shape index (κ1) is 32.9. The summed E-state index contributed by atoms with van der Waals surface area (Å²) in [6, 6.07) is 0. The van der Waals surface area contributed by atoms with Crippen LogP contribution in [0.2, 0.25) is 0 Å². The highest BCUT2D eigenvalue weighted by molar-refractivity contribution is 5.83. The van der Waals surface area contributed by atoms with Crippen LogP contribution in [0.5, 0.6) is 0 Å². The molecule has 0 amide bonds. The average molecular weight is 581 g/mol. The maximum atomic E-state index is 12.3. The first-order valence-electron chi connectivity index (χ1n) is 15.0. The van der Waals surface area contributed by atoms with Crippen molar-refractivity contribution in [1.29, 1.82) is 0 Å². The minimum absolute atomic E-state index is 0.330. The molecule has 10 heteroatoms. The molecule has 1 aliphatic heterocycles. The van der Waals surface area contributed by atoms with E-state index in [1.807, 2.05) is 13.8 Å². The lowest BCUT2D eigenvalue weighted by Crippen LogP contribution is -2.58. The molecule has 1 heterocycles. The summed E-state index contributed by atoms with van der Waals surface area (Å²) in [5.74, 6) is -0.0321. The lowest BCUT2D eigenvalue weighted by Gasteiger charge is -2.59. The number of carbonyl (C=O) groups excluding carboxylic acids is 5. The van der Waals surface area contributed by atoms with Gasteiger partial charge in [0.25, 0.3) is 0 Å². The van der Waals surface area contributed by atoms with Crippen LogP contribution in [0.3, 0.4) is 0 Å². The molecule has 0 N–H and O–H groups in total. The lowest BCUT2D eigenvalue weighted by atomic mass is 9.50. The van der Waals surface area contributed by atoms with E-state index in [1.165, 1.54) is 6.42 Å². The highest BCUT2D eigenvalue weighted by Gasteiger charge is 2.57. The average Bonchev–Trinajstić information content (AvgIpc) is 3.33. The van der Waals surface area contributed by atoms with Gasteiger partial charge in [0.15, 0.2) is 13.2 Å². The van der Waals surface area contributed by atoms with Gasteiger partial charge in [0.1, 0.15) is 5.60 Å². The Bertz CT molecular complexity index is 969. The fraction of sp³-hybridized carbons (Fsp3) is 0.839. The molecule has 232 valence electrons. The van der Waals surface area contributed by atoms with E-state index in [4.69, 9.17) is 23.7 Å². The van der Waals surface area contributed by atoms with Crippen LogP contribution in [0, 0.1) is 34.5 Å². The molecule has 0 spiro atoms. The fourth-order valence-corrected chi connectivity index (χ4v) is 6.22. The molecule has 1 unspecified atom stereocenters. The van der Waals surface area contributed by atoms with Crippen molar-refractivity contribution in [2.75, 3.05) is 19.8 Å². The van der Waals surface area contributed by atoms with Crippen LogP contribution in [0.15, 0.2) is 0 Å². The summed E-state index contributed by atoms with van der Waals surface area (Å²) in [5, 5.41) is 0. The second-order valence-electron chi connectivity index (χ2n) is 13.5. The second-order valence-corrected chi connectivity index (χ2v) is 13.5. The van der Waals surface area contributed by atoms with Crippen molar-refractivity contribution in [2.45, 2.75) is 112 Å². The number of hydrogen-bond acceptors (Lipinski definition) is 10. The normalized spacial score (nSPS) is 30.0. The number of ether oxygens (including phenoxy) is 5. The van der Waals surface area contributed by atoms with Crippen LogP contribution in [0.1, 0.15) is 99.8 Å². The number of rotatable bonds is 10. The SMILES string of the molecule is CCC(C)(C)C(=O)OC1CCOC1=O.CCC(C)(C)C(=O)OCC(=O)OCC(=O)OC1(C)C2CC3CC(C2)CC1C3. The van der Waals surface area contributed by atoms with Gasteiger partial charge in [-0.3, -0.25) is 9.59 Å². The quantitative estimate of drug-likeness (QED) is 0.268. The Labute approximate surface area is 243 Å². The van der Waals surface area contributed by atoms with Gasteiger partial charge in [0.2, 0.25) is 6.10 Å². The molecule has 5 aliphatic rings. The van der Waals surface area contributed by atoms with E-state index in [0.29, 0.717) is 37.7 Å². The zero-order chi connectivity index (χ0) is 30.6. The van der Waals surface area contributed by atoms with Gasteiger partial charge >= 0.3 is 29.8 Å². The Balaban J connectivity index is 0.000000278. The topological polar surface area (TPSA) is 132 Å². The number of esters is 5. The molecule has 4 aliphatic carbocycles. The Morgan fingerprint density at radius 2 is 1.32 bits per heavy atom. The Hall–Kier alpha value is -2.65. The number of carbonyl (C=O) groups is 5. The van der Waals surface area contributed by atoms with Crippen molar-refractivity contribution in [2.24, 2.45) is 34.5 Å². The molecule has 5 fully saturated rings. The molecule has 1 saturated heterocycles. The molecule has 5 rings (SSSR count). The van der Waals surface area contributed by atoms with Gasteiger partial charge in [-0.1, -0.05) is 13.8 Å². The van der Waals surface area contributed by atoms with E-state index in [0.717, 1.165) is 37.5 Å². The van der Waals surface area contributed by atoms with Crippen LogP contribution in [-0.2, 0) is 47.7 Å². The van der Waals surface area contributed by atoms with Crippen molar-refractivity contribution >= 4 is 29.8 Å². The van der Waals surface area contributed by atoms with Gasteiger partial charge in [-0.05, 0) is 103 Å². The van der Waals surface area contributed by atoms with E-state index < -0.39 is 59.6 Å². The zero-order valence-electron chi connectivity index (χ0n) is 25.7. The summed E-state index contributed by atoms with van der Waals surface area (Å²) in [4.78, 5) is 58.5. The summed E-state index contributed by atoms with van der Waals surface area (Å²) in [6.07, 6.45) is 6.97. The molecule has 10 nitrogen and oxygen atoms in total. The van der Waals surface area contributed by atoms with Crippen molar-refractivity contribution in [3.05, 3.63) is 0 Å². The smallest absolute Gasteiger partial charge is 0.347 e. The standard InChI is InChI=1S/C21H32O6.C10H16O4/c1-5-20(2,3)19(24)26-11-17(22)25-12-18(23)27-21(4)15-7-13-6-14(9-15)10-16(21)8-13;1-4-10(2,3)9(12)14-7-5-6-13-8(7)11/h13-16H,5-12H2,1-4H3;7H,4-6H2,1-3H3. The molecule has 0 aromatic heterocycles. The maximum absolute atomic E-state index is 12.3. The van der Waals surface area contributed by atoms with E-state index >= 15 is 0 Å². The van der Waals surface area contributed by atoms with Crippen LogP contribution >= 0.6 is 0 Å². The summed E-state index contributed by atoms with van der Waals surface area (Å²) in [6.45, 7) is 12.4. The summed E-state index contributed by atoms with van der Waals surface area (Å²) < 4.78 is 25.5. The molecule has 4 bridgehead atoms. The third kappa shape index (κ3) is 8.01. The zero-order valence-corrected chi connectivity index (χ0v) is 25.7. The van der Waals surface area contributed by atoms with E-state index in [-0.39, 0.29) is 5.97 Å². The molecule has 4 saturated carbocycles. The molecule has 1 atom stereocenters. The third-order valence-electron chi connectivity index (χ3n) is 9.77. The Kier molecular flexibility index (Phi) is 10.5. The Morgan fingerprint density at radius 3 is 1.80 bits per heavy atom. The second kappa shape index (κ2) is 13.1. The fourth-order valence-electron chi connectivity index (χ4n) is 6.22. The molecule has 41 heavy (non-hydrogen) atoms. The highest BCUT2D eigenvalue weighted by Crippen LogP contribution is 2.59. The van der Waals surface area contributed by atoms with Crippen molar-refractivity contribution < 1.29 is 47.7 Å². The first-order chi connectivity index (χ1) is 19.1. The van der Waals surface area contributed by atoms with Crippen LogP contribution in [0.25, 0.3) is 0 Å². The van der Waals surface area contributed by atoms with Gasteiger partial charge < -0.3 is 23.7 Å². The molecular weight excluding hydrogens is 532 g/mol. The van der Waals surface area contributed by atoms with Crippen LogP contribution in [0.4, 0.5) is 0 Å². The first-order valence-corrected chi connectivity index (χ1v) is 15.0. The van der Waals surface area contributed by atoms with Gasteiger partial charge in [-0.25, -0.2) is 14.4 Å². The van der Waals surface area contributed by atoms with Gasteiger partial charge in [0, 0.05) is 6.42 Å². The largest absolute Gasteiger partial charge is 0.463 e. The number of hydrogen-bond donors (Lipinski definition) is 0. The Morgan fingerprint density at radius 1 is 0.805 bits per heavy atom. The van der Waals surface area contributed by atoms with Gasteiger partial charge in [-0.15, -0.1) is 0 Å². The highest BCUT2D eigenvalue weighted by atomic mass is 16.6. The number of cyclic esters (lactones) is 1. The minimum Gasteiger partial charge on any atom is -0.463 e. The summed E-state index contributed by atoms with van der Waals surface area (Å²) >= 11 is 0. The lowest BCUT2D eigenvalue weighted by molar-refractivity contribution is -0.207. The van der Waals surface area contributed by atoms with Gasteiger partial charge in [-0.2, -0.15) is 0 Å². The van der Waals surface area contributed by atoms with E-state index in [1.54, 1.807) is 27.7 Å². The third-order valence-corrected chi connectivity index (χ3v) is 9.77.